The molecule has 2 heterocycles. The standard InChI is InChI=1S/C25H26N4O4/c1-4-31-20-14-18(15-21(32-5-2)22(20)33-6-3)24(30)27-23-19-11-8-7-10-17(19)16-29-13-9-12-26-25(29)28-23/h7-15H,4-6,16H2,1-3H3. The normalized spacial score (nSPS) is 15.4. The first kappa shape index (κ1) is 22.3. The third-order valence-electron chi connectivity index (χ3n) is 4.97. The van der Waals surface area contributed by atoms with Gasteiger partial charge in [-0.15, -0.1) is 0 Å². The minimum absolute atomic E-state index is 0.311. The Balaban J connectivity index is 1.79. The van der Waals surface area contributed by atoms with E-state index in [2.05, 4.69) is 15.0 Å². The summed E-state index contributed by atoms with van der Waals surface area (Å²) in [6.07, 6.45) is 5.42. The van der Waals surface area contributed by atoms with E-state index in [0.717, 1.165) is 11.1 Å². The van der Waals surface area contributed by atoms with E-state index >= 15 is 0 Å². The van der Waals surface area contributed by atoms with Crippen molar-refractivity contribution in [1.82, 2.24) is 4.90 Å². The fourth-order valence-corrected chi connectivity index (χ4v) is 3.58. The molecule has 8 heteroatoms. The Kier molecular flexibility index (Phi) is 6.83. The highest BCUT2D eigenvalue weighted by Gasteiger charge is 2.23. The summed E-state index contributed by atoms with van der Waals surface area (Å²) in [5.74, 6) is 1.69. The third kappa shape index (κ3) is 4.79. The molecular weight excluding hydrogens is 420 g/mol. The van der Waals surface area contributed by atoms with Crippen molar-refractivity contribution in [2.75, 3.05) is 19.8 Å². The van der Waals surface area contributed by atoms with Gasteiger partial charge in [-0.3, -0.25) is 4.79 Å². The minimum atomic E-state index is -0.460. The van der Waals surface area contributed by atoms with Gasteiger partial charge in [0.05, 0.1) is 26.4 Å². The molecule has 0 unspecified atom stereocenters. The number of ether oxygens (including phenoxy) is 3. The van der Waals surface area contributed by atoms with Gasteiger partial charge in [0.1, 0.15) is 0 Å². The summed E-state index contributed by atoms with van der Waals surface area (Å²) >= 11 is 0. The molecule has 0 spiro atoms. The van der Waals surface area contributed by atoms with Crippen LogP contribution in [0.15, 0.2) is 63.7 Å². The number of rotatable bonds is 7. The quantitative estimate of drug-likeness (QED) is 0.635. The molecule has 0 radical (unpaired) electrons. The first-order chi connectivity index (χ1) is 16.1. The average Bonchev–Trinajstić information content (AvgIpc) is 2.97. The van der Waals surface area contributed by atoms with E-state index in [1.807, 2.05) is 62.2 Å². The van der Waals surface area contributed by atoms with Gasteiger partial charge in [0, 0.05) is 23.5 Å². The van der Waals surface area contributed by atoms with Crippen LogP contribution in [0.2, 0.25) is 0 Å². The minimum Gasteiger partial charge on any atom is -0.490 e. The van der Waals surface area contributed by atoms with Gasteiger partial charge in [0.15, 0.2) is 17.3 Å². The molecule has 8 nitrogen and oxygen atoms in total. The van der Waals surface area contributed by atoms with Crippen LogP contribution in [0.4, 0.5) is 0 Å². The maximum Gasteiger partial charge on any atom is 0.279 e. The first-order valence-electron chi connectivity index (χ1n) is 11.0. The van der Waals surface area contributed by atoms with Gasteiger partial charge in [-0.05, 0) is 44.5 Å². The van der Waals surface area contributed by atoms with Crippen LogP contribution in [0.25, 0.3) is 0 Å². The van der Waals surface area contributed by atoms with Crippen LogP contribution in [0.3, 0.4) is 0 Å². The van der Waals surface area contributed by atoms with Crippen molar-refractivity contribution in [3.05, 3.63) is 65.4 Å². The Morgan fingerprint density at radius 2 is 1.73 bits per heavy atom. The second-order valence-electron chi connectivity index (χ2n) is 7.16. The number of fused-ring (bicyclic) bond motifs is 2. The molecule has 0 saturated heterocycles. The average molecular weight is 447 g/mol. The van der Waals surface area contributed by atoms with Crippen molar-refractivity contribution in [1.29, 1.82) is 0 Å². The van der Waals surface area contributed by atoms with Gasteiger partial charge in [-0.25, -0.2) is 4.99 Å². The zero-order chi connectivity index (χ0) is 23.2. The smallest absolute Gasteiger partial charge is 0.279 e. The number of carbonyl (C=O) groups excluding carboxylic acids is 1. The maximum atomic E-state index is 13.3. The number of hydrogen-bond acceptors (Lipinski definition) is 6. The lowest BCUT2D eigenvalue weighted by atomic mass is 10.1. The van der Waals surface area contributed by atoms with Crippen molar-refractivity contribution < 1.29 is 19.0 Å². The second kappa shape index (κ2) is 10.1. The van der Waals surface area contributed by atoms with E-state index in [0.29, 0.717) is 61.0 Å². The van der Waals surface area contributed by atoms with Crippen molar-refractivity contribution in [2.24, 2.45) is 15.0 Å². The summed E-state index contributed by atoms with van der Waals surface area (Å²) in [4.78, 5) is 28.6. The highest BCUT2D eigenvalue weighted by atomic mass is 16.5. The fraction of sp³-hybridized carbons (Fsp3) is 0.280. The second-order valence-corrected chi connectivity index (χ2v) is 7.16. The largest absolute Gasteiger partial charge is 0.490 e. The van der Waals surface area contributed by atoms with E-state index in [9.17, 15) is 4.79 Å². The lowest BCUT2D eigenvalue weighted by Crippen LogP contribution is -2.25. The van der Waals surface area contributed by atoms with Gasteiger partial charge < -0.3 is 19.1 Å². The number of aliphatic imine (C=N–C) groups is 3. The van der Waals surface area contributed by atoms with Crippen LogP contribution in [0.5, 0.6) is 17.2 Å². The molecule has 170 valence electrons. The van der Waals surface area contributed by atoms with Crippen molar-refractivity contribution >= 4 is 23.9 Å². The highest BCUT2D eigenvalue weighted by Crippen LogP contribution is 2.39. The Hall–Kier alpha value is -3.94. The molecule has 2 aliphatic rings. The number of amides is 1. The number of nitrogens with zero attached hydrogens (tertiary/aromatic N) is 4. The van der Waals surface area contributed by atoms with Crippen molar-refractivity contribution in [2.45, 2.75) is 27.3 Å². The monoisotopic (exact) mass is 446 g/mol. The number of hydrogen-bond donors (Lipinski definition) is 0. The van der Waals surface area contributed by atoms with Crippen LogP contribution in [0.1, 0.15) is 42.3 Å². The summed E-state index contributed by atoms with van der Waals surface area (Å²) in [5.41, 5.74) is 2.11. The summed E-state index contributed by atoms with van der Waals surface area (Å²) in [6.45, 7) is 7.48. The zero-order valence-corrected chi connectivity index (χ0v) is 18.9. The summed E-state index contributed by atoms with van der Waals surface area (Å²) in [5, 5.41) is 0. The van der Waals surface area contributed by atoms with E-state index < -0.39 is 5.91 Å². The molecule has 0 saturated carbocycles. The molecule has 0 aliphatic carbocycles. The number of allylic oxidation sites excluding steroid dienone is 1. The van der Waals surface area contributed by atoms with Crippen LogP contribution in [-0.2, 0) is 6.54 Å². The lowest BCUT2D eigenvalue weighted by Gasteiger charge is -2.19. The topological polar surface area (TPSA) is 85.1 Å². The Morgan fingerprint density at radius 1 is 1.03 bits per heavy atom. The molecule has 2 aromatic carbocycles. The molecular formula is C25H26N4O4. The molecule has 1 amide bonds. The molecule has 0 atom stereocenters. The van der Waals surface area contributed by atoms with Gasteiger partial charge in [0.25, 0.3) is 5.91 Å². The molecule has 0 N–H and O–H groups in total. The molecule has 33 heavy (non-hydrogen) atoms. The van der Waals surface area contributed by atoms with Gasteiger partial charge >= 0.3 is 0 Å². The number of benzene rings is 2. The first-order valence-corrected chi connectivity index (χ1v) is 11.0. The van der Waals surface area contributed by atoms with E-state index in [-0.39, 0.29) is 0 Å². The molecule has 0 aromatic heterocycles. The zero-order valence-electron chi connectivity index (χ0n) is 18.9. The Morgan fingerprint density at radius 3 is 2.42 bits per heavy atom. The molecule has 0 fully saturated rings. The number of guanidine groups is 1. The van der Waals surface area contributed by atoms with E-state index in [4.69, 9.17) is 14.2 Å². The highest BCUT2D eigenvalue weighted by molar-refractivity contribution is 6.15. The fourth-order valence-electron chi connectivity index (χ4n) is 3.58. The third-order valence-corrected chi connectivity index (χ3v) is 4.97. The predicted octanol–water partition coefficient (Wildman–Crippen LogP) is 4.24. The van der Waals surface area contributed by atoms with Gasteiger partial charge in [-0.2, -0.15) is 9.98 Å². The van der Waals surface area contributed by atoms with Crippen LogP contribution in [0, 0.1) is 0 Å². The molecule has 2 aromatic rings. The molecule has 0 bridgehead atoms. The predicted molar refractivity (Wildman–Crippen MR) is 128 cm³/mol. The van der Waals surface area contributed by atoms with Crippen molar-refractivity contribution in [3.8, 4) is 17.2 Å². The Bertz CT molecular complexity index is 1140. The summed E-state index contributed by atoms with van der Waals surface area (Å²) in [6, 6.07) is 11.0. The van der Waals surface area contributed by atoms with Gasteiger partial charge in [0.2, 0.25) is 11.7 Å². The summed E-state index contributed by atoms with van der Waals surface area (Å²) < 4.78 is 17.2. The van der Waals surface area contributed by atoms with E-state index in [1.165, 1.54) is 0 Å². The van der Waals surface area contributed by atoms with Crippen molar-refractivity contribution in [3.63, 3.8) is 0 Å². The summed E-state index contributed by atoms with van der Waals surface area (Å²) in [7, 11) is 0. The number of carbonyl (C=O) groups is 1. The molecule has 2 aliphatic heterocycles. The van der Waals surface area contributed by atoms with Crippen LogP contribution >= 0.6 is 0 Å². The number of amidine groups is 1. The van der Waals surface area contributed by atoms with Crippen LogP contribution < -0.4 is 14.2 Å². The van der Waals surface area contributed by atoms with E-state index in [1.54, 1.807) is 18.3 Å². The van der Waals surface area contributed by atoms with Gasteiger partial charge in [-0.1, -0.05) is 24.3 Å². The Labute approximate surface area is 192 Å². The van der Waals surface area contributed by atoms with Crippen LogP contribution in [-0.4, -0.2) is 48.6 Å². The molecule has 4 rings (SSSR count). The lowest BCUT2D eigenvalue weighted by molar-refractivity contribution is 0.100. The maximum absolute atomic E-state index is 13.3. The SMILES string of the molecule is CCOc1cc(C(=O)N=C2N=C3N=CC=CN3Cc3ccccc32)cc(OCC)c1OCC.